The van der Waals surface area contributed by atoms with Gasteiger partial charge in [-0.3, -0.25) is 4.79 Å². The fourth-order valence-corrected chi connectivity index (χ4v) is 1.32. The van der Waals surface area contributed by atoms with Crippen LogP contribution in [-0.2, 0) is 4.79 Å². The SMILES string of the molecule is CC.CC(C)C1CCC(=O)NC1. The Morgan fingerprint density at radius 1 is 1.42 bits per heavy atom. The molecule has 1 aliphatic rings. The molecule has 0 spiro atoms. The van der Waals surface area contributed by atoms with Gasteiger partial charge in [0.25, 0.3) is 0 Å². The highest BCUT2D eigenvalue weighted by Crippen LogP contribution is 2.18. The molecule has 2 heteroatoms. The highest BCUT2D eigenvalue weighted by molar-refractivity contribution is 5.76. The highest BCUT2D eigenvalue weighted by atomic mass is 16.1. The predicted molar refractivity (Wildman–Crippen MR) is 51.9 cm³/mol. The number of amides is 1. The van der Waals surface area contributed by atoms with E-state index >= 15 is 0 Å². The zero-order valence-corrected chi connectivity index (χ0v) is 8.68. The second kappa shape index (κ2) is 6.04. The molecule has 12 heavy (non-hydrogen) atoms. The van der Waals surface area contributed by atoms with Gasteiger partial charge in [0.05, 0.1) is 0 Å². The molecule has 0 aliphatic carbocycles. The Kier molecular flexibility index (Phi) is 5.77. The summed E-state index contributed by atoms with van der Waals surface area (Å²) in [7, 11) is 0. The highest BCUT2D eigenvalue weighted by Gasteiger charge is 2.19. The number of hydrogen-bond donors (Lipinski definition) is 1. The molecule has 1 unspecified atom stereocenters. The van der Waals surface area contributed by atoms with Crippen LogP contribution in [0.2, 0.25) is 0 Å². The molecule has 1 aliphatic heterocycles. The molecule has 0 aromatic rings. The molecule has 1 heterocycles. The summed E-state index contributed by atoms with van der Waals surface area (Å²) >= 11 is 0. The van der Waals surface area contributed by atoms with Crippen LogP contribution in [0.1, 0.15) is 40.5 Å². The first-order chi connectivity index (χ1) is 5.70. The molecule has 1 rings (SSSR count). The number of nitrogens with one attached hydrogen (secondary N) is 1. The summed E-state index contributed by atoms with van der Waals surface area (Å²) in [5.41, 5.74) is 0. The quantitative estimate of drug-likeness (QED) is 0.644. The number of rotatable bonds is 1. The van der Waals surface area contributed by atoms with Gasteiger partial charge in [0.15, 0.2) is 0 Å². The summed E-state index contributed by atoms with van der Waals surface area (Å²) in [5, 5.41) is 2.87. The molecular weight excluding hydrogens is 150 g/mol. The van der Waals surface area contributed by atoms with Crippen LogP contribution in [0, 0.1) is 11.8 Å². The molecule has 2 nitrogen and oxygen atoms in total. The van der Waals surface area contributed by atoms with E-state index in [-0.39, 0.29) is 5.91 Å². The van der Waals surface area contributed by atoms with Crippen LogP contribution in [-0.4, -0.2) is 12.5 Å². The van der Waals surface area contributed by atoms with E-state index in [1.165, 1.54) is 0 Å². The van der Waals surface area contributed by atoms with Crippen molar-refractivity contribution in [3.05, 3.63) is 0 Å². The van der Waals surface area contributed by atoms with E-state index in [1.54, 1.807) is 0 Å². The van der Waals surface area contributed by atoms with Gasteiger partial charge < -0.3 is 5.32 Å². The van der Waals surface area contributed by atoms with Crippen molar-refractivity contribution in [1.82, 2.24) is 5.32 Å². The van der Waals surface area contributed by atoms with E-state index in [0.29, 0.717) is 11.8 Å². The van der Waals surface area contributed by atoms with Crippen LogP contribution < -0.4 is 5.32 Å². The summed E-state index contributed by atoms with van der Waals surface area (Å²) in [5.74, 6) is 1.63. The number of piperidine rings is 1. The third kappa shape index (κ3) is 3.74. The summed E-state index contributed by atoms with van der Waals surface area (Å²) in [6.07, 6.45) is 1.80. The van der Waals surface area contributed by atoms with Gasteiger partial charge in [0, 0.05) is 13.0 Å². The largest absolute Gasteiger partial charge is 0.356 e. The summed E-state index contributed by atoms with van der Waals surface area (Å²) in [6.45, 7) is 9.31. The van der Waals surface area contributed by atoms with Crippen molar-refractivity contribution >= 4 is 5.91 Å². The third-order valence-corrected chi connectivity index (χ3v) is 2.25. The van der Waals surface area contributed by atoms with Gasteiger partial charge in [-0.25, -0.2) is 0 Å². The first-order valence-electron chi connectivity index (χ1n) is 4.97. The Hall–Kier alpha value is -0.530. The van der Waals surface area contributed by atoms with Crippen molar-refractivity contribution in [2.24, 2.45) is 11.8 Å². The lowest BCUT2D eigenvalue weighted by Gasteiger charge is -2.25. The average molecular weight is 171 g/mol. The van der Waals surface area contributed by atoms with Crippen molar-refractivity contribution < 1.29 is 4.79 Å². The fourth-order valence-electron chi connectivity index (χ4n) is 1.32. The number of hydrogen-bond acceptors (Lipinski definition) is 1. The van der Waals surface area contributed by atoms with Gasteiger partial charge in [-0.2, -0.15) is 0 Å². The van der Waals surface area contributed by atoms with E-state index in [1.807, 2.05) is 13.8 Å². The van der Waals surface area contributed by atoms with E-state index in [2.05, 4.69) is 19.2 Å². The molecule has 1 fully saturated rings. The van der Waals surface area contributed by atoms with Crippen molar-refractivity contribution in [1.29, 1.82) is 0 Å². The second-order valence-corrected chi connectivity index (χ2v) is 3.35. The first kappa shape index (κ1) is 11.5. The summed E-state index contributed by atoms with van der Waals surface area (Å²) < 4.78 is 0. The van der Waals surface area contributed by atoms with E-state index in [4.69, 9.17) is 0 Å². The molecular formula is C10H21NO. The normalized spacial score (nSPS) is 22.8. The molecule has 0 saturated carbocycles. The smallest absolute Gasteiger partial charge is 0.220 e. The van der Waals surface area contributed by atoms with Crippen LogP contribution in [0.5, 0.6) is 0 Å². The van der Waals surface area contributed by atoms with Gasteiger partial charge in [0.1, 0.15) is 0 Å². The van der Waals surface area contributed by atoms with E-state index < -0.39 is 0 Å². The Morgan fingerprint density at radius 3 is 2.33 bits per heavy atom. The maximum atomic E-state index is 10.7. The molecule has 0 radical (unpaired) electrons. The molecule has 0 aromatic heterocycles. The minimum Gasteiger partial charge on any atom is -0.356 e. The Labute approximate surface area is 75.7 Å². The average Bonchev–Trinajstić information content (AvgIpc) is 2.09. The molecule has 72 valence electrons. The maximum Gasteiger partial charge on any atom is 0.220 e. The Balaban J connectivity index is 0.000000561. The first-order valence-corrected chi connectivity index (χ1v) is 4.97. The molecule has 1 N–H and O–H groups in total. The Morgan fingerprint density at radius 2 is 2.00 bits per heavy atom. The Bertz CT molecular complexity index is 122. The minimum atomic E-state index is 0.219. The lowest BCUT2D eigenvalue weighted by molar-refractivity contribution is -0.123. The second-order valence-electron chi connectivity index (χ2n) is 3.35. The van der Waals surface area contributed by atoms with Gasteiger partial charge in [-0.1, -0.05) is 27.7 Å². The van der Waals surface area contributed by atoms with Gasteiger partial charge >= 0.3 is 0 Å². The van der Waals surface area contributed by atoms with Gasteiger partial charge in [0.2, 0.25) is 5.91 Å². The van der Waals surface area contributed by atoms with Crippen molar-refractivity contribution in [2.45, 2.75) is 40.5 Å². The van der Waals surface area contributed by atoms with E-state index in [9.17, 15) is 4.79 Å². The summed E-state index contributed by atoms with van der Waals surface area (Å²) in [6, 6.07) is 0. The fraction of sp³-hybridized carbons (Fsp3) is 0.900. The lowest BCUT2D eigenvalue weighted by atomic mass is 9.89. The molecule has 0 aromatic carbocycles. The van der Waals surface area contributed by atoms with Crippen LogP contribution >= 0.6 is 0 Å². The summed E-state index contributed by atoms with van der Waals surface area (Å²) in [4.78, 5) is 10.7. The maximum absolute atomic E-state index is 10.7. The van der Waals surface area contributed by atoms with Crippen LogP contribution in [0.3, 0.4) is 0 Å². The third-order valence-electron chi connectivity index (χ3n) is 2.25. The molecule has 1 amide bonds. The van der Waals surface area contributed by atoms with E-state index in [0.717, 1.165) is 19.4 Å². The van der Waals surface area contributed by atoms with Crippen LogP contribution in [0.15, 0.2) is 0 Å². The minimum absolute atomic E-state index is 0.219. The lowest BCUT2D eigenvalue weighted by Crippen LogP contribution is -2.36. The zero-order chi connectivity index (χ0) is 9.56. The molecule has 0 bridgehead atoms. The van der Waals surface area contributed by atoms with Crippen LogP contribution in [0.25, 0.3) is 0 Å². The monoisotopic (exact) mass is 171 g/mol. The van der Waals surface area contributed by atoms with Gasteiger partial charge in [-0.05, 0) is 18.3 Å². The van der Waals surface area contributed by atoms with Crippen molar-refractivity contribution in [3.63, 3.8) is 0 Å². The predicted octanol–water partition coefficient (Wildman–Crippen LogP) is 2.19. The molecule has 1 saturated heterocycles. The zero-order valence-electron chi connectivity index (χ0n) is 8.68. The van der Waals surface area contributed by atoms with Crippen LogP contribution in [0.4, 0.5) is 0 Å². The topological polar surface area (TPSA) is 29.1 Å². The van der Waals surface area contributed by atoms with Crippen molar-refractivity contribution in [2.75, 3.05) is 6.54 Å². The standard InChI is InChI=1S/C8H15NO.C2H6/c1-6(2)7-3-4-8(10)9-5-7;1-2/h6-7H,3-5H2,1-2H3,(H,9,10);1-2H3. The van der Waals surface area contributed by atoms with Crippen molar-refractivity contribution in [3.8, 4) is 0 Å². The number of carbonyl (C=O) groups is 1. The molecule has 1 atom stereocenters. The van der Waals surface area contributed by atoms with Gasteiger partial charge in [-0.15, -0.1) is 0 Å². The number of carbonyl (C=O) groups excluding carboxylic acids is 1.